The van der Waals surface area contributed by atoms with Crippen LogP contribution in [0.25, 0.3) is 0 Å². The van der Waals surface area contributed by atoms with Gasteiger partial charge in [-0.25, -0.2) is 13.2 Å². The Balaban J connectivity index is 2.35. The molecule has 1 fully saturated rings. The Bertz CT molecular complexity index is 746. The average Bonchev–Trinajstić information content (AvgIpc) is 2.73. The van der Waals surface area contributed by atoms with Gasteiger partial charge in [0.15, 0.2) is 9.84 Å². The Morgan fingerprint density at radius 2 is 1.71 bits per heavy atom. The Kier molecular flexibility index (Phi) is 5.32. The number of hydrogen-bond donors (Lipinski definition) is 2. The highest BCUT2D eigenvalue weighted by atomic mass is 32.2. The SMILES string of the molecule is Cc1ccc(S(C)(=O)=O)cc1C(=O)NC1(C(=O)O)CCCCCC1. The molecule has 24 heavy (non-hydrogen) atoms. The second kappa shape index (κ2) is 6.93. The van der Waals surface area contributed by atoms with Gasteiger partial charge in [-0.2, -0.15) is 0 Å². The first kappa shape index (κ1) is 18.4. The molecule has 0 aliphatic heterocycles. The maximum atomic E-state index is 12.7. The van der Waals surface area contributed by atoms with Gasteiger partial charge in [0, 0.05) is 11.8 Å². The van der Waals surface area contributed by atoms with Crippen molar-refractivity contribution < 1.29 is 23.1 Å². The number of hydrogen-bond acceptors (Lipinski definition) is 4. The lowest BCUT2D eigenvalue weighted by molar-refractivity contribution is -0.145. The fourth-order valence-electron chi connectivity index (χ4n) is 3.09. The van der Waals surface area contributed by atoms with E-state index in [4.69, 9.17) is 0 Å². The third-order valence-corrected chi connectivity index (χ3v) is 5.71. The summed E-state index contributed by atoms with van der Waals surface area (Å²) in [5, 5.41) is 12.3. The van der Waals surface area contributed by atoms with Crippen molar-refractivity contribution in [2.24, 2.45) is 0 Å². The predicted octanol–water partition coefficient (Wildman–Crippen LogP) is 2.31. The molecule has 0 radical (unpaired) electrons. The van der Waals surface area contributed by atoms with Gasteiger partial charge in [-0.05, 0) is 37.5 Å². The van der Waals surface area contributed by atoms with Gasteiger partial charge in [-0.1, -0.05) is 31.7 Å². The molecule has 7 heteroatoms. The second-order valence-electron chi connectivity index (χ2n) is 6.50. The molecule has 1 amide bonds. The highest BCUT2D eigenvalue weighted by molar-refractivity contribution is 7.90. The number of carbonyl (C=O) groups is 2. The van der Waals surface area contributed by atoms with E-state index in [1.54, 1.807) is 13.0 Å². The zero-order valence-electron chi connectivity index (χ0n) is 14.0. The van der Waals surface area contributed by atoms with Crippen LogP contribution >= 0.6 is 0 Å². The van der Waals surface area contributed by atoms with E-state index in [2.05, 4.69) is 5.32 Å². The van der Waals surface area contributed by atoms with Crippen molar-refractivity contribution in [2.75, 3.05) is 6.26 Å². The zero-order chi connectivity index (χ0) is 18.0. The van der Waals surface area contributed by atoms with E-state index in [0.717, 1.165) is 31.9 Å². The van der Waals surface area contributed by atoms with Crippen molar-refractivity contribution in [1.29, 1.82) is 0 Å². The van der Waals surface area contributed by atoms with E-state index in [1.807, 2.05) is 0 Å². The van der Waals surface area contributed by atoms with E-state index in [1.165, 1.54) is 12.1 Å². The highest BCUT2D eigenvalue weighted by Crippen LogP contribution is 2.28. The monoisotopic (exact) mass is 353 g/mol. The number of nitrogens with one attached hydrogen (secondary N) is 1. The summed E-state index contributed by atoms with van der Waals surface area (Å²) < 4.78 is 23.4. The molecule has 0 unspecified atom stereocenters. The Morgan fingerprint density at radius 1 is 1.12 bits per heavy atom. The zero-order valence-corrected chi connectivity index (χ0v) is 14.8. The van der Waals surface area contributed by atoms with Crippen molar-refractivity contribution in [1.82, 2.24) is 5.32 Å². The minimum absolute atomic E-state index is 0.0449. The van der Waals surface area contributed by atoms with Crippen LogP contribution in [-0.2, 0) is 14.6 Å². The third kappa shape index (κ3) is 3.95. The average molecular weight is 353 g/mol. The molecule has 6 nitrogen and oxygen atoms in total. The molecule has 1 aliphatic carbocycles. The fraction of sp³-hybridized carbons (Fsp3) is 0.529. The summed E-state index contributed by atoms with van der Waals surface area (Å²) in [6.45, 7) is 1.70. The lowest BCUT2D eigenvalue weighted by Crippen LogP contribution is -2.54. The Morgan fingerprint density at radius 3 is 2.21 bits per heavy atom. The van der Waals surface area contributed by atoms with E-state index < -0.39 is 27.3 Å². The molecule has 1 aliphatic rings. The standard InChI is InChI=1S/C17H23NO5S/c1-12-7-8-13(24(2,22)23)11-14(12)15(19)18-17(16(20)21)9-5-3-4-6-10-17/h7-8,11H,3-6,9-10H2,1-2H3,(H,18,19)(H,20,21). The molecule has 1 saturated carbocycles. The predicted molar refractivity (Wildman–Crippen MR) is 89.8 cm³/mol. The van der Waals surface area contributed by atoms with Crippen LogP contribution in [0.5, 0.6) is 0 Å². The summed E-state index contributed by atoms with van der Waals surface area (Å²) in [5.41, 5.74) is -0.474. The number of benzene rings is 1. The molecule has 0 atom stereocenters. The summed E-state index contributed by atoms with van der Waals surface area (Å²) in [6, 6.07) is 4.32. The number of carboxylic acid groups (broad SMARTS) is 1. The number of sulfone groups is 1. The number of aryl methyl sites for hydroxylation is 1. The molecule has 2 N–H and O–H groups in total. The molecule has 2 rings (SSSR count). The lowest BCUT2D eigenvalue weighted by Gasteiger charge is -2.29. The maximum Gasteiger partial charge on any atom is 0.329 e. The number of aliphatic carboxylic acids is 1. The summed E-state index contributed by atoms with van der Waals surface area (Å²) in [7, 11) is -3.44. The van der Waals surface area contributed by atoms with Crippen molar-refractivity contribution in [3.63, 3.8) is 0 Å². The highest BCUT2D eigenvalue weighted by Gasteiger charge is 2.40. The molecule has 0 heterocycles. The van der Waals surface area contributed by atoms with E-state index >= 15 is 0 Å². The summed E-state index contributed by atoms with van der Waals surface area (Å²) in [5.74, 6) is -1.57. The van der Waals surface area contributed by atoms with E-state index in [9.17, 15) is 23.1 Å². The molecular formula is C17H23NO5S. The molecular weight excluding hydrogens is 330 g/mol. The van der Waals surface area contributed by atoms with E-state index in [0.29, 0.717) is 18.4 Å². The minimum atomic E-state index is -3.44. The van der Waals surface area contributed by atoms with Gasteiger partial charge in [0.1, 0.15) is 5.54 Å². The molecule has 0 bridgehead atoms. The van der Waals surface area contributed by atoms with Crippen LogP contribution in [0.3, 0.4) is 0 Å². The third-order valence-electron chi connectivity index (χ3n) is 4.60. The van der Waals surface area contributed by atoms with Crippen LogP contribution in [0, 0.1) is 6.92 Å². The van der Waals surface area contributed by atoms with Crippen LogP contribution in [0.1, 0.15) is 54.4 Å². The van der Waals surface area contributed by atoms with Crippen LogP contribution in [-0.4, -0.2) is 37.2 Å². The number of carbonyl (C=O) groups excluding carboxylic acids is 1. The molecule has 0 aromatic heterocycles. The largest absolute Gasteiger partial charge is 0.480 e. The van der Waals surface area contributed by atoms with Crippen molar-refractivity contribution in [2.45, 2.75) is 55.9 Å². The normalized spacial score (nSPS) is 17.8. The Hall–Kier alpha value is -1.89. The van der Waals surface area contributed by atoms with Gasteiger partial charge in [0.05, 0.1) is 4.90 Å². The van der Waals surface area contributed by atoms with Gasteiger partial charge in [0.25, 0.3) is 5.91 Å². The first-order valence-electron chi connectivity index (χ1n) is 8.02. The van der Waals surface area contributed by atoms with Crippen molar-refractivity contribution in [3.05, 3.63) is 29.3 Å². The number of amides is 1. The molecule has 132 valence electrons. The maximum absolute atomic E-state index is 12.7. The van der Waals surface area contributed by atoms with Gasteiger partial charge < -0.3 is 10.4 Å². The van der Waals surface area contributed by atoms with Gasteiger partial charge in [-0.15, -0.1) is 0 Å². The summed E-state index contributed by atoms with van der Waals surface area (Å²) >= 11 is 0. The Labute approximate surface area is 142 Å². The van der Waals surface area contributed by atoms with Crippen LogP contribution in [0.2, 0.25) is 0 Å². The molecule has 1 aromatic rings. The van der Waals surface area contributed by atoms with Crippen LogP contribution in [0.15, 0.2) is 23.1 Å². The van der Waals surface area contributed by atoms with E-state index in [-0.39, 0.29) is 10.5 Å². The number of rotatable bonds is 4. The minimum Gasteiger partial charge on any atom is -0.480 e. The fourth-order valence-corrected chi connectivity index (χ4v) is 3.73. The lowest BCUT2D eigenvalue weighted by atomic mass is 9.89. The topological polar surface area (TPSA) is 101 Å². The van der Waals surface area contributed by atoms with Crippen LogP contribution < -0.4 is 5.32 Å². The molecule has 0 saturated heterocycles. The summed E-state index contributed by atoms with van der Waals surface area (Å²) in [4.78, 5) is 24.5. The molecule has 1 aromatic carbocycles. The van der Waals surface area contributed by atoms with Gasteiger partial charge in [0.2, 0.25) is 0 Å². The van der Waals surface area contributed by atoms with Crippen molar-refractivity contribution >= 4 is 21.7 Å². The first-order chi connectivity index (χ1) is 11.2. The van der Waals surface area contributed by atoms with Crippen molar-refractivity contribution in [3.8, 4) is 0 Å². The molecule has 0 spiro atoms. The summed E-state index contributed by atoms with van der Waals surface area (Å²) in [6.07, 6.45) is 5.24. The smallest absolute Gasteiger partial charge is 0.329 e. The van der Waals surface area contributed by atoms with Gasteiger partial charge >= 0.3 is 5.97 Å². The first-order valence-corrected chi connectivity index (χ1v) is 9.91. The van der Waals surface area contributed by atoms with Crippen LogP contribution in [0.4, 0.5) is 0 Å². The second-order valence-corrected chi connectivity index (χ2v) is 8.52. The number of carboxylic acids is 1. The quantitative estimate of drug-likeness (QED) is 0.809. The van der Waals surface area contributed by atoms with Gasteiger partial charge in [-0.3, -0.25) is 4.79 Å².